The third-order valence-electron chi connectivity index (χ3n) is 1.40. The van der Waals surface area contributed by atoms with Crippen LogP contribution in [-0.4, -0.2) is 21.3 Å². The number of carboxylic acid groups (broad SMARTS) is 1. The van der Waals surface area contributed by atoms with Gasteiger partial charge in [0.05, 0.1) is 5.02 Å². The van der Waals surface area contributed by atoms with Gasteiger partial charge in [0.15, 0.2) is 11.5 Å². The molecule has 0 saturated heterocycles. The molecule has 0 amide bonds. The Morgan fingerprint density at radius 2 is 1.77 bits per heavy atom. The first kappa shape index (κ1) is 9.95. The monoisotopic (exact) mass is 222 g/mol. The number of aromatic hydroxyl groups is 2. The molecule has 0 bridgehead atoms. The maximum absolute atomic E-state index is 10.5. The molecule has 0 radical (unpaired) electrons. The molecule has 0 aliphatic carbocycles. The smallest absolute Gasteiger partial charge is 0.339 e. The molecule has 0 aromatic heterocycles. The van der Waals surface area contributed by atoms with Crippen LogP contribution in [0.5, 0.6) is 11.5 Å². The van der Waals surface area contributed by atoms with Gasteiger partial charge in [-0.1, -0.05) is 23.2 Å². The largest absolute Gasteiger partial charge is 0.504 e. The lowest BCUT2D eigenvalue weighted by Crippen LogP contribution is -1.97. The predicted octanol–water partition coefficient (Wildman–Crippen LogP) is 2.10. The zero-order valence-electron chi connectivity index (χ0n) is 6.08. The van der Waals surface area contributed by atoms with E-state index in [0.29, 0.717) is 0 Å². The minimum absolute atomic E-state index is 0.130. The Morgan fingerprint density at radius 1 is 1.23 bits per heavy atom. The maximum Gasteiger partial charge on any atom is 0.339 e. The molecule has 0 saturated carbocycles. The lowest BCUT2D eigenvalue weighted by molar-refractivity contribution is 0.0693. The second-order valence-corrected chi connectivity index (χ2v) is 3.01. The Labute approximate surface area is 82.9 Å². The number of rotatable bonds is 1. The van der Waals surface area contributed by atoms with E-state index < -0.39 is 23.0 Å². The van der Waals surface area contributed by atoms with Gasteiger partial charge in [0.25, 0.3) is 0 Å². The Hall–Kier alpha value is -1.13. The van der Waals surface area contributed by atoms with Gasteiger partial charge in [0.2, 0.25) is 0 Å². The molecule has 0 unspecified atom stereocenters. The van der Waals surface area contributed by atoms with Gasteiger partial charge in [-0.05, 0) is 6.07 Å². The summed E-state index contributed by atoms with van der Waals surface area (Å²) in [5.41, 5.74) is -0.494. The van der Waals surface area contributed by atoms with Crippen molar-refractivity contribution in [2.45, 2.75) is 0 Å². The van der Waals surface area contributed by atoms with Crippen LogP contribution in [0.25, 0.3) is 0 Å². The summed E-state index contributed by atoms with van der Waals surface area (Å²) >= 11 is 10.9. The van der Waals surface area contributed by atoms with Crippen molar-refractivity contribution in [2.75, 3.05) is 0 Å². The summed E-state index contributed by atoms with van der Waals surface area (Å²) in [6.45, 7) is 0. The SMILES string of the molecule is O=C(O)c1cc(Cl)c(Cl)c(O)c1O. The number of benzene rings is 1. The van der Waals surface area contributed by atoms with Crippen molar-refractivity contribution in [3.05, 3.63) is 21.7 Å². The molecule has 0 spiro atoms. The lowest BCUT2D eigenvalue weighted by Gasteiger charge is -2.05. The van der Waals surface area contributed by atoms with E-state index in [4.69, 9.17) is 38.5 Å². The number of phenolic OH excluding ortho intramolecular Hbond substituents is 1. The summed E-state index contributed by atoms with van der Waals surface area (Å²) in [6.07, 6.45) is 0. The van der Waals surface area contributed by atoms with E-state index in [9.17, 15) is 4.79 Å². The minimum atomic E-state index is -1.40. The summed E-state index contributed by atoms with van der Waals surface area (Å²) in [5.74, 6) is -2.92. The summed E-state index contributed by atoms with van der Waals surface area (Å²) < 4.78 is 0. The third kappa shape index (κ3) is 1.64. The number of halogens is 2. The predicted molar refractivity (Wildman–Crippen MR) is 46.8 cm³/mol. The fourth-order valence-corrected chi connectivity index (χ4v) is 1.11. The number of hydrogen-bond acceptors (Lipinski definition) is 3. The normalized spacial score (nSPS) is 10.0. The van der Waals surface area contributed by atoms with Crippen LogP contribution >= 0.6 is 23.2 Å². The van der Waals surface area contributed by atoms with Crippen LogP contribution in [0.3, 0.4) is 0 Å². The topological polar surface area (TPSA) is 77.8 Å². The molecule has 0 aliphatic rings. The van der Waals surface area contributed by atoms with E-state index in [1.165, 1.54) is 0 Å². The van der Waals surface area contributed by atoms with Crippen LogP contribution in [0, 0.1) is 0 Å². The zero-order valence-corrected chi connectivity index (χ0v) is 7.60. The van der Waals surface area contributed by atoms with Gasteiger partial charge in [-0.2, -0.15) is 0 Å². The fraction of sp³-hybridized carbons (Fsp3) is 0. The minimum Gasteiger partial charge on any atom is -0.504 e. The Bertz CT molecular complexity index is 375. The molecule has 13 heavy (non-hydrogen) atoms. The van der Waals surface area contributed by atoms with Crippen LogP contribution in [0.15, 0.2) is 6.07 Å². The molecule has 6 heteroatoms. The molecule has 70 valence electrons. The van der Waals surface area contributed by atoms with Crippen LogP contribution in [-0.2, 0) is 0 Å². The van der Waals surface area contributed by atoms with Crippen LogP contribution in [0.4, 0.5) is 0 Å². The number of hydrogen-bond donors (Lipinski definition) is 3. The highest BCUT2D eigenvalue weighted by Gasteiger charge is 2.18. The van der Waals surface area contributed by atoms with E-state index in [1.807, 2.05) is 0 Å². The van der Waals surface area contributed by atoms with Gasteiger partial charge in [0.1, 0.15) is 10.6 Å². The van der Waals surface area contributed by atoms with E-state index in [1.54, 1.807) is 0 Å². The second kappa shape index (κ2) is 3.32. The summed E-state index contributed by atoms with van der Waals surface area (Å²) in [6, 6.07) is 0.960. The molecule has 0 atom stereocenters. The van der Waals surface area contributed by atoms with Crippen LogP contribution in [0.1, 0.15) is 10.4 Å². The first-order valence-electron chi connectivity index (χ1n) is 3.08. The standard InChI is InChI=1S/C7H4Cl2O4/c8-3-1-2(7(12)13)5(10)6(11)4(3)9/h1,10-11H,(H,12,13). The second-order valence-electron chi connectivity index (χ2n) is 2.22. The zero-order chi connectivity index (χ0) is 10.2. The summed E-state index contributed by atoms with van der Waals surface area (Å²) in [7, 11) is 0. The number of carbonyl (C=O) groups is 1. The highest BCUT2D eigenvalue weighted by atomic mass is 35.5. The number of carboxylic acids is 1. The van der Waals surface area contributed by atoms with E-state index >= 15 is 0 Å². The first-order chi connectivity index (χ1) is 5.95. The highest BCUT2D eigenvalue weighted by molar-refractivity contribution is 6.43. The lowest BCUT2D eigenvalue weighted by atomic mass is 10.2. The Morgan fingerprint density at radius 3 is 2.23 bits per heavy atom. The van der Waals surface area contributed by atoms with Crippen LogP contribution in [0.2, 0.25) is 10.0 Å². The molecule has 0 fully saturated rings. The van der Waals surface area contributed by atoms with Gasteiger partial charge in [-0.15, -0.1) is 0 Å². The van der Waals surface area contributed by atoms with Crippen molar-refractivity contribution in [2.24, 2.45) is 0 Å². The average Bonchev–Trinajstić information content (AvgIpc) is 2.07. The maximum atomic E-state index is 10.5. The van der Waals surface area contributed by atoms with E-state index in [2.05, 4.69) is 0 Å². The molecular weight excluding hydrogens is 219 g/mol. The quantitative estimate of drug-likeness (QED) is 0.637. The molecule has 0 aliphatic heterocycles. The first-order valence-corrected chi connectivity index (χ1v) is 3.84. The summed E-state index contributed by atoms with van der Waals surface area (Å²) in [4.78, 5) is 10.5. The Balaban J connectivity index is 3.50. The molecule has 4 nitrogen and oxygen atoms in total. The van der Waals surface area contributed by atoms with E-state index in [0.717, 1.165) is 6.07 Å². The van der Waals surface area contributed by atoms with Gasteiger partial charge in [-0.3, -0.25) is 0 Å². The van der Waals surface area contributed by atoms with Gasteiger partial charge < -0.3 is 15.3 Å². The van der Waals surface area contributed by atoms with Crippen molar-refractivity contribution >= 4 is 29.2 Å². The molecule has 3 N–H and O–H groups in total. The summed E-state index contributed by atoms with van der Waals surface area (Å²) in [5, 5.41) is 26.3. The average molecular weight is 223 g/mol. The fourth-order valence-electron chi connectivity index (χ4n) is 0.766. The molecule has 1 aromatic carbocycles. The van der Waals surface area contributed by atoms with Gasteiger partial charge >= 0.3 is 5.97 Å². The molecule has 0 heterocycles. The van der Waals surface area contributed by atoms with Gasteiger partial charge in [0, 0.05) is 0 Å². The van der Waals surface area contributed by atoms with E-state index in [-0.39, 0.29) is 10.0 Å². The molecule has 1 aromatic rings. The van der Waals surface area contributed by atoms with Crippen molar-refractivity contribution in [1.82, 2.24) is 0 Å². The number of aromatic carboxylic acids is 1. The third-order valence-corrected chi connectivity index (χ3v) is 2.18. The molecule has 1 rings (SSSR count). The molecular formula is C7H4Cl2O4. The number of phenols is 2. The van der Waals surface area contributed by atoms with Crippen molar-refractivity contribution in [3.63, 3.8) is 0 Å². The van der Waals surface area contributed by atoms with Crippen LogP contribution < -0.4 is 0 Å². The van der Waals surface area contributed by atoms with Crippen molar-refractivity contribution in [1.29, 1.82) is 0 Å². The Kier molecular flexibility index (Phi) is 2.54. The van der Waals surface area contributed by atoms with Crippen molar-refractivity contribution in [3.8, 4) is 11.5 Å². The van der Waals surface area contributed by atoms with Crippen molar-refractivity contribution < 1.29 is 20.1 Å². The van der Waals surface area contributed by atoms with Gasteiger partial charge in [-0.25, -0.2) is 4.79 Å². The highest BCUT2D eigenvalue weighted by Crippen LogP contribution is 2.40.